The maximum Gasteiger partial charge on any atom is 0.243 e. The molecule has 7 nitrogen and oxygen atoms in total. The first-order chi connectivity index (χ1) is 14.0. The maximum atomic E-state index is 12.0. The summed E-state index contributed by atoms with van der Waals surface area (Å²) in [5.74, 6) is 1.65. The molecule has 8 heteroatoms. The number of aliphatic imine (C=N–C) groups is 1. The van der Waals surface area contributed by atoms with E-state index in [0.29, 0.717) is 6.54 Å². The molecular formula is C21H28ClN5O2. The zero-order chi connectivity index (χ0) is 20.6. The van der Waals surface area contributed by atoms with Crippen molar-refractivity contribution >= 4 is 29.2 Å². The van der Waals surface area contributed by atoms with Crippen LogP contribution in [0.1, 0.15) is 5.76 Å². The van der Waals surface area contributed by atoms with E-state index in [0.717, 1.165) is 55.0 Å². The highest BCUT2D eigenvalue weighted by atomic mass is 35.5. The smallest absolute Gasteiger partial charge is 0.243 e. The van der Waals surface area contributed by atoms with Crippen molar-refractivity contribution in [3.63, 3.8) is 0 Å². The number of piperazine rings is 1. The summed E-state index contributed by atoms with van der Waals surface area (Å²) in [6.45, 7) is 4.09. The van der Waals surface area contributed by atoms with Crippen LogP contribution in [0, 0.1) is 0 Å². The summed E-state index contributed by atoms with van der Waals surface area (Å²) in [6.07, 6.45) is 2.43. The van der Waals surface area contributed by atoms with Crippen LogP contribution in [0.2, 0.25) is 5.02 Å². The Kier molecular flexibility index (Phi) is 7.41. The molecule has 0 saturated carbocycles. The van der Waals surface area contributed by atoms with Crippen LogP contribution in [0.15, 0.2) is 52.1 Å². The fourth-order valence-electron chi connectivity index (χ4n) is 3.17. The number of furan rings is 1. The summed E-state index contributed by atoms with van der Waals surface area (Å²) in [7, 11) is 3.48. The zero-order valence-electron chi connectivity index (χ0n) is 17.0. The summed E-state index contributed by atoms with van der Waals surface area (Å²) in [5.41, 5.74) is 1.06. The first kappa shape index (κ1) is 21.0. The molecule has 0 atom stereocenters. The molecule has 29 heavy (non-hydrogen) atoms. The van der Waals surface area contributed by atoms with Crippen LogP contribution in [0.25, 0.3) is 0 Å². The molecule has 0 bridgehead atoms. The molecule has 0 unspecified atom stereocenters. The van der Waals surface area contributed by atoms with Gasteiger partial charge in [-0.3, -0.25) is 4.79 Å². The molecule has 3 rings (SSSR count). The Bertz CT molecular complexity index is 814. The van der Waals surface area contributed by atoms with Gasteiger partial charge in [-0.15, -0.1) is 0 Å². The summed E-state index contributed by atoms with van der Waals surface area (Å²) in [4.78, 5) is 22.6. The second-order valence-electron chi connectivity index (χ2n) is 7.11. The van der Waals surface area contributed by atoms with Gasteiger partial charge in [-0.25, -0.2) is 4.99 Å². The maximum absolute atomic E-state index is 12.0. The largest absolute Gasteiger partial charge is 0.469 e. The number of para-hydroxylation sites is 1. The Balaban J connectivity index is 1.61. The Hall–Kier alpha value is -2.67. The Morgan fingerprint density at radius 1 is 1.17 bits per heavy atom. The molecule has 2 aromatic rings. The first-order valence-electron chi connectivity index (χ1n) is 9.80. The first-order valence-corrected chi connectivity index (χ1v) is 10.2. The van der Waals surface area contributed by atoms with Crippen molar-refractivity contribution in [2.45, 2.75) is 6.42 Å². The lowest BCUT2D eigenvalue weighted by atomic mass is 10.2. The summed E-state index contributed by atoms with van der Waals surface area (Å²) < 4.78 is 5.39. The number of carbonyl (C=O) groups is 1. The number of hydrogen-bond acceptors (Lipinski definition) is 4. The van der Waals surface area contributed by atoms with E-state index in [1.165, 1.54) is 0 Å². The van der Waals surface area contributed by atoms with Gasteiger partial charge in [-0.2, -0.15) is 0 Å². The fourth-order valence-corrected chi connectivity index (χ4v) is 3.43. The van der Waals surface area contributed by atoms with Crippen molar-refractivity contribution in [2.24, 2.45) is 4.99 Å². The van der Waals surface area contributed by atoms with E-state index in [-0.39, 0.29) is 12.5 Å². The monoisotopic (exact) mass is 417 g/mol. The lowest BCUT2D eigenvalue weighted by Crippen LogP contribution is -2.53. The topological polar surface area (TPSA) is 64.3 Å². The molecule has 1 aliphatic heterocycles. The van der Waals surface area contributed by atoms with E-state index in [1.807, 2.05) is 36.4 Å². The van der Waals surface area contributed by atoms with Gasteiger partial charge in [0.2, 0.25) is 5.91 Å². The van der Waals surface area contributed by atoms with Crippen molar-refractivity contribution in [3.05, 3.63) is 53.4 Å². The van der Waals surface area contributed by atoms with E-state index in [2.05, 4.69) is 20.1 Å². The minimum Gasteiger partial charge on any atom is -0.469 e. The number of anilines is 1. The van der Waals surface area contributed by atoms with E-state index < -0.39 is 0 Å². The van der Waals surface area contributed by atoms with Crippen LogP contribution < -0.4 is 10.2 Å². The van der Waals surface area contributed by atoms with Crippen molar-refractivity contribution in [3.8, 4) is 0 Å². The molecule has 156 valence electrons. The van der Waals surface area contributed by atoms with Gasteiger partial charge in [-0.1, -0.05) is 23.7 Å². The number of amides is 1. The standard InChI is InChI=1S/C21H28ClN5O2/c1-25(2)20(28)16-24-21(23-10-9-17-6-5-15-29-17)27-13-11-26(12-14-27)19-8-4-3-7-18(19)22/h3-8,15H,9-14,16H2,1-2H3,(H,23,24). The van der Waals surface area contributed by atoms with Crippen molar-refractivity contribution in [1.82, 2.24) is 15.1 Å². The van der Waals surface area contributed by atoms with Gasteiger partial charge < -0.3 is 24.4 Å². The number of rotatable bonds is 6. The highest BCUT2D eigenvalue weighted by Crippen LogP contribution is 2.26. The highest BCUT2D eigenvalue weighted by Gasteiger charge is 2.21. The molecule has 1 aromatic heterocycles. The highest BCUT2D eigenvalue weighted by molar-refractivity contribution is 6.33. The van der Waals surface area contributed by atoms with E-state index in [9.17, 15) is 4.79 Å². The molecule has 0 aliphatic carbocycles. The second kappa shape index (κ2) is 10.2. The molecule has 1 aromatic carbocycles. The Morgan fingerprint density at radius 2 is 1.93 bits per heavy atom. The van der Waals surface area contributed by atoms with Crippen molar-refractivity contribution in [2.75, 3.05) is 58.3 Å². The Morgan fingerprint density at radius 3 is 2.59 bits per heavy atom. The molecule has 1 N–H and O–H groups in total. The number of benzene rings is 1. The van der Waals surface area contributed by atoms with Crippen molar-refractivity contribution < 1.29 is 9.21 Å². The number of halogens is 1. The van der Waals surface area contributed by atoms with Gasteiger partial charge in [-0.05, 0) is 24.3 Å². The quantitative estimate of drug-likeness (QED) is 0.577. The molecular weight excluding hydrogens is 390 g/mol. The van der Waals surface area contributed by atoms with E-state index in [1.54, 1.807) is 25.3 Å². The number of carbonyl (C=O) groups excluding carboxylic acids is 1. The molecule has 1 amide bonds. The molecule has 1 fully saturated rings. The summed E-state index contributed by atoms with van der Waals surface area (Å²) in [5, 5.41) is 4.16. The number of guanidine groups is 1. The predicted octanol–water partition coefficient (Wildman–Crippen LogP) is 2.33. The molecule has 1 aliphatic rings. The van der Waals surface area contributed by atoms with E-state index in [4.69, 9.17) is 16.0 Å². The van der Waals surface area contributed by atoms with Crippen LogP contribution in [-0.4, -0.2) is 75.0 Å². The van der Waals surface area contributed by atoms with Crippen molar-refractivity contribution in [1.29, 1.82) is 0 Å². The van der Waals surface area contributed by atoms with Crippen LogP contribution in [0.5, 0.6) is 0 Å². The normalized spacial score (nSPS) is 14.8. The third-order valence-corrected chi connectivity index (χ3v) is 5.19. The number of hydrogen-bond donors (Lipinski definition) is 1. The predicted molar refractivity (Wildman–Crippen MR) is 117 cm³/mol. The third-order valence-electron chi connectivity index (χ3n) is 4.87. The molecule has 1 saturated heterocycles. The van der Waals surface area contributed by atoms with Gasteiger partial charge in [0, 0.05) is 53.2 Å². The zero-order valence-corrected chi connectivity index (χ0v) is 17.7. The van der Waals surface area contributed by atoms with E-state index >= 15 is 0 Å². The molecule has 0 spiro atoms. The van der Waals surface area contributed by atoms with Crippen LogP contribution >= 0.6 is 11.6 Å². The van der Waals surface area contributed by atoms with Crippen LogP contribution in [-0.2, 0) is 11.2 Å². The molecule has 2 heterocycles. The summed E-state index contributed by atoms with van der Waals surface area (Å²) >= 11 is 6.35. The van der Waals surface area contributed by atoms with Crippen LogP contribution in [0.4, 0.5) is 5.69 Å². The number of nitrogens with one attached hydrogen (secondary N) is 1. The van der Waals surface area contributed by atoms with Gasteiger partial charge in [0.1, 0.15) is 12.3 Å². The summed E-state index contributed by atoms with van der Waals surface area (Å²) in [6, 6.07) is 11.7. The lowest BCUT2D eigenvalue weighted by Gasteiger charge is -2.38. The second-order valence-corrected chi connectivity index (χ2v) is 7.52. The Labute approximate surface area is 176 Å². The van der Waals surface area contributed by atoms with Gasteiger partial charge in [0.15, 0.2) is 5.96 Å². The lowest BCUT2D eigenvalue weighted by molar-refractivity contribution is -0.127. The minimum absolute atomic E-state index is 0.0231. The SMILES string of the molecule is CN(C)C(=O)CN=C(NCCc1ccco1)N1CCN(c2ccccc2Cl)CC1. The average molecular weight is 418 g/mol. The number of nitrogens with zero attached hydrogens (tertiary/aromatic N) is 4. The van der Waals surface area contributed by atoms with Crippen LogP contribution in [0.3, 0.4) is 0 Å². The average Bonchev–Trinajstić information content (AvgIpc) is 3.24. The third kappa shape index (κ3) is 5.90. The number of likely N-dealkylation sites (N-methyl/N-ethyl adjacent to an activating group) is 1. The van der Waals surface area contributed by atoms with Gasteiger partial charge >= 0.3 is 0 Å². The van der Waals surface area contributed by atoms with Gasteiger partial charge in [0.25, 0.3) is 0 Å². The van der Waals surface area contributed by atoms with Gasteiger partial charge in [0.05, 0.1) is 17.0 Å². The minimum atomic E-state index is -0.0231. The molecule has 0 radical (unpaired) electrons. The fraction of sp³-hybridized carbons (Fsp3) is 0.429.